The Morgan fingerprint density at radius 3 is 2.26 bits per heavy atom. The molecule has 1 heterocycles. The molecule has 0 aliphatic carbocycles. The molecule has 3 aromatic rings. The number of hydrogen-bond donors (Lipinski definition) is 1. The third kappa shape index (κ3) is 6.08. The molecule has 1 saturated heterocycles. The Morgan fingerprint density at radius 2 is 1.60 bits per heavy atom. The van der Waals surface area contributed by atoms with Crippen LogP contribution in [0, 0.1) is 6.92 Å². The van der Waals surface area contributed by atoms with Gasteiger partial charge in [-0.05, 0) is 60.5 Å². The maximum atomic E-state index is 12.7. The molecule has 35 heavy (non-hydrogen) atoms. The van der Waals surface area contributed by atoms with Gasteiger partial charge in [-0.25, -0.2) is 12.7 Å². The Kier molecular flexibility index (Phi) is 7.54. The van der Waals surface area contributed by atoms with Gasteiger partial charge in [-0.3, -0.25) is 9.69 Å². The molecule has 7 nitrogen and oxygen atoms in total. The van der Waals surface area contributed by atoms with Gasteiger partial charge in [-0.15, -0.1) is 0 Å². The fourth-order valence-corrected chi connectivity index (χ4v) is 5.10. The Balaban J connectivity index is 1.32. The first kappa shape index (κ1) is 24.9. The molecule has 4 rings (SSSR count). The monoisotopic (exact) mass is 492 g/mol. The summed E-state index contributed by atoms with van der Waals surface area (Å²) in [6.45, 7) is 6.98. The first-order valence-electron chi connectivity index (χ1n) is 11.7. The van der Waals surface area contributed by atoms with Crippen molar-refractivity contribution >= 4 is 27.3 Å². The van der Waals surface area contributed by atoms with Gasteiger partial charge in [0.2, 0.25) is 10.0 Å². The summed E-state index contributed by atoms with van der Waals surface area (Å²) in [5.41, 5.74) is 4.72. The van der Waals surface area contributed by atoms with Gasteiger partial charge in [0.1, 0.15) is 0 Å². The van der Waals surface area contributed by atoms with Crippen LogP contribution in [0.25, 0.3) is 0 Å². The number of anilines is 2. The van der Waals surface area contributed by atoms with E-state index < -0.39 is 10.0 Å². The average Bonchev–Trinajstić information content (AvgIpc) is 2.85. The summed E-state index contributed by atoms with van der Waals surface area (Å²) in [4.78, 5) is 17.7. The van der Waals surface area contributed by atoms with Crippen LogP contribution in [-0.4, -0.2) is 63.8 Å². The molecular weight excluding hydrogens is 460 g/mol. The third-order valence-electron chi connectivity index (χ3n) is 6.23. The molecule has 1 fully saturated rings. The molecule has 0 unspecified atom stereocenters. The number of carbonyl (C=O) groups excluding carboxylic acids is 1. The highest BCUT2D eigenvalue weighted by Crippen LogP contribution is 2.20. The van der Waals surface area contributed by atoms with E-state index in [0.29, 0.717) is 11.3 Å². The van der Waals surface area contributed by atoms with Gasteiger partial charge in [-0.1, -0.05) is 30.3 Å². The van der Waals surface area contributed by atoms with Crippen LogP contribution in [0.4, 0.5) is 11.4 Å². The van der Waals surface area contributed by atoms with Gasteiger partial charge < -0.3 is 10.2 Å². The standard InChI is InChI=1S/C27H32N4O3S/c1-21-6-4-8-25(18-21)31-16-14-30(15-17-31)20-22-10-12-24(13-11-22)28-27(32)23-7-5-9-26(19-23)35(33,34)29(2)3/h4-13,18-19H,14-17,20H2,1-3H3,(H,28,32). The van der Waals surface area contributed by atoms with E-state index >= 15 is 0 Å². The number of piperazine rings is 1. The van der Waals surface area contributed by atoms with Crippen LogP contribution in [0.1, 0.15) is 21.5 Å². The van der Waals surface area contributed by atoms with Gasteiger partial charge in [0.25, 0.3) is 5.91 Å². The van der Waals surface area contributed by atoms with Gasteiger partial charge in [0, 0.05) is 63.8 Å². The lowest BCUT2D eigenvalue weighted by atomic mass is 10.1. The highest BCUT2D eigenvalue weighted by Gasteiger charge is 2.19. The Bertz CT molecular complexity index is 1280. The van der Waals surface area contributed by atoms with Crippen LogP contribution in [0.5, 0.6) is 0 Å². The second kappa shape index (κ2) is 10.6. The van der Waals surface area contributed by atoms with Crippen molar-refractivity contribution in [3.05, 3.63) is 89.5 Å². The summed E-state index contributed by atoms with van der Waals surface area (Å²) < 4.78 is 25.8. The lowest BCUT2D eigenvalue weighted by Crippen LogP contribution is -2.45. The van der Waals surface area contributed by atoms with E-state index in [2.05, 4.69) is 46.3 Å². The first-order valence-corrected chi connectivity index (χ1v) is 13.1. The lowest BCUT2D eigenvalue weighted by molar-refractivity contribution is 0.102. The molecule has 3 aromatic carbocycles. The van der Waals surface area contributed by atoms with Crippen molar-refractivity contribution in [3.63, 3.8) is 0 Å². The lowest BCUT2D eigenvalue weighted by Gasteiger charge is -2.36. The van der Waals surface area contributed by atoms with E-state index in [9.17, 15) is 13.2 Å². The smallest absolute Gasteiger partial charge is 0.255 e. The quantitative estimate of drug-likeness (QED) is 0.543. The SMILES string of the molecule is Cc1cccc(N2CCN(Cc3ccc(NC(=O)c4cccc(S(=O)(=O)N(C)C)c4)cc3)CC2)c1. The number of nitrogens with zero attached hydrogens (tertiary/aromatic N) is 3. The minimum atomic E-state index is -3.60. The van der Waals surface area contributed by atoms with Crippen molar-refractivity contribution in [2.24, 2.45) is 0 Å². The summed E-state index contributed by atoms with van der Waals surface area (Å²) in [5, 5.41) is 2.86. The molecule has 0 atom stereocenters. The summed E-state index contributed by atoms with van der Waals surface area (Å²) in [5.74, 6) is -0.346. The summed E-state index contributed by atoms with van der Waals surface area (Å²) in [7, 11) is -0.669. The van der Waals surface area contributed by atoms with E-state index in [0.717, 1.165) is 37.0 Å². The van der Waals surface area contributed by atoms with Crippen molar-refractivity contribution in [1.29, 1.82) is 0 Å². The van der Waals surface area contributed by atoms with Crippen molar-refractivity contribution < 1.29 is 13.2 Å². The fraction of sp³-hybridized carbons (Fsp3) is 0.296. The Labute approximate surface area is 208 Å². The number of hydrogen-bond acceptors (Lipinski definition) is 5. The molecule has 1 aliphatic rings. The zero-order valence-corrected chi connectivity index (χ0v) is 21.3. The van der Waals surface area contributed by atoms with Gasteiger partial charge in [-0.2, -0.15) is 0 Å². The molecule has 0 spiro atoms. The van der Waals surface area contributed by atoms with Crippen LogP contribution in [-0.2, 0) is 16.6 Å². The molecule has 0 radical (unpaired) electrons. The minimum Gasteiger partial charge on any atom is -0.369 e. The molecule has 1 N–H and O–H groups in total. The first-order chi connectivity index (χ1) is 16.7. The molecule has 0 aromatic heterocycles. The van der Waals surface area contributed by atoms with Crippen LogP contribution in [0.3, 0.4) is 0 Å². The molecule has 0 bridgehead atoms. The zero-order chi connectivity index (χ0) is 25.0. The number of aryl methyl sites for hydroxylation is 1. The third-order valence-corrected chi connectivity index (χ3v) is 8.04. The number of rotatable bonds is 7. The van der Waals surface area contributed by atoms with Crippen molar-refractivity contribution in [3.8, 4) is 0 Å². The minimum absolute atomic E-state index is 0.0907. The number of sulfonamides is 1. The highest BCUT2D eigenvalue weighted by atomic mass is 32.2. The number of nitrogens with one attached hydrogen (secondary N) is 1. The summed E-state index contributed by atoms with van der Waals surface area (Å²) in [6.07, 6.45) is 0. The number of benzene rings is 3. The predicted octanol–water partition coefficient (Wildman–Crippen LogP) is 3.82. The van der Waals surface area contributed by atoms with Gasteiger partial charge in [0.15, 0.2) is 0 Å². The molecule has 0 saturated carbocycles. The molecule has 1 aliphatic heterocycles. The van der Waals surface area contributed by atoms with Crippen molar-refractivity contribution in [2.45, 2.75) is 18.4 Å². The van der Waals surface area contributed by atoms with Crippen molar-refractivity contribution in [1.82, 2.24) is 9.21 Å². The summed E-state index contributed by atoms with van der Waals surface area (Å²) in [6, 6.07) is 22.5. The van der Waals surface area contributed by atoms with Crippen LogP contribution < -0.4 is 10.2 Å². The normalized spacial score (nSPS) is 14.8. The Hall–Kier alpha value is -3.20. The maximum absolute atomic E-state index is 12.7. The molecule has 8 heteroatoms. The van der Waals surface area contributed by atoms with Gasteiger partial charge >= 0.3 is 0 Å². The van der Waals surface area contributed by atoms with Crippen molar-refractivity contribution in [2.75, 3.05) is 50.5 Å². The number of carbonyl (C=O) groups is 1. The number of amides is 1. The topological polar surface area (TPSA) is 73.0 Å². The average molecular weight is 493 g/mol. The Morgan fingerprint density at radius 1 is 0.914 bits per heavy atom. The van der Waals surface area contributed by atoms with E-state index in [1.54, 1.807) is 12.1 Å². The predicted molar refractivity (Wildman–Crippen MR) is 140 cm³/mol. The molecular formula is C27H32N4O3S. The van der Waals surface area contributed by atoms with Crippen LogP contribution >= 0.6 is 0 Å². The zero-order valence-electron chi connectivity index (χ0n) is 20.4. The van der Waals surface area contributed by atoms with E-state index in [4.69, 9.17) is 0 Å². The summed E-state index contributed by atoms with van der Waals surface area (Å²) >= 11 is 0. The van der Waals surface area contributed by atoms with E-state index in [1.165, 1.54) is 43.0 Å². The van der Waals surface area contributed by atoms with Crippen LogP contribution in [0.2, 0.25) is 0 Å². The van der Waals surface area contributed by atoms with Gasteiger partial charge in [0.05, 0.1) is 4.90 Å². The highest BCUT2D eigenvalue weighted by molar-refractivity contribution is 7.89. The molecule has 1 amide bonds. The van der Waals surface area contributed by atoms with E-state index in [-0.39, 0.29) is 10.8 Å². The van der Waals surface area contributed by atoms with Crippen LogP contribution in [0.15, 0.2) is 77.7 Å². The fourth-order valence-electron chi connectivity index (χ4n) is 4.15. The molecule has 184 valence electrons. The second-order valence-electron chi connectivity index (χ2n) is 9.07. The maximum Gasteiger partial charge on any atom is 0.255 e. The second-order valence-corrected chi connectivity index (χ2v) is 11.2. The largest absolute Gasteiger partial charge is 0.369 e. The van der Waals surface area contributed by atoms with E-state index in [1.807, 2.05) is 24.3 Å².